The molecule has 1 N–H and O–H groups in total. The number of benzene rings is 2. The third-order valence-electron chi connectivity index (χ3n) is 3.21. The molecule has 0 bridgehead atoms. The zero-order valence-corrected chi connectivity index (χ0v) is 11.5. The molecule has 0 aliphatic rings. The van der Waals surface area contributed by atoms with E-state index in [1.54, 1.807) is 6.07 Å². The maximum atomic E-state index is 13.8. The number of fused-ring (bicyclic) bond motifs is 1. The van der Waals surface area contributed by atoms with Gasteiger partial charge >= 0.3 is 0 Å². The predicted molar refractivity (Wildman–Crippen MR) is 76.4 cm³/mol. The average Bonchev–Trinajstić information content (AvgIpc) is 2.83. The second-order valence-corrected chi connectivity index (χ2v) is 5.19. The molecule has 0 saturated heterocycles. The van der Waals surface area contributed by atoms with Crippen LogP contribution in [0.2, 0.25) is 5.02 Å². The highest BCUT2D eigenvalue weighted by Gasteiger charge is 2.19. The van der Waals surface area contributed by atoms with Gasteiger partial charge in [0.15, 0.2) is 0 Å². The van der Waals surface area contributed by atoms with Crippen LogP contribution in [0.15, 0.2) is 46.9 Å². The number of hydrogen-bond donors (Lipinski definition) is 1. The van der Waals surface area contributed by atoms with Crippen LogP contribution < -0.4 is 0 Å². The second kappa shape index (κ2) is 4.93. The maximum Gasteiger partial charge on any atom is 0.140 e. The highest BCUT2D eigenvalue weighted by atomic mass is 35.5. The van der Waals surface area contributed by atoms with Gasteiger partial charge in [-0.3, -0.25) is 0 Å². The van der Waals surface area contributed by atoms with E-state index < -0.39 is 11.9 Å². The van der Waals surface area contributed by atoms with E-state index in [2.05, 4.69) is 0 Å². The van der Waals surface area contributed by atoms with E-state index in [1.807, 2.05) is 25.1 Å². The summed E-state index contributed by atoms with van der Waals surface area (Å²) in [7, 11) is 0. The van der Waals surface area contributed by atoms with Crippen LogP contribution in [0.1, 0.15) is 23.0 Å². The smallest absolute Gasteiger partial charge is 0.140 e. The van der Waals surface area contributed by atoms with Gasteiger partial charge in [-0.2, -0.15) is 0 Å². The number of hydrogen-bond acceptors (Lipinski definition) is 2. The molecular formula is C16H12ClFO2. The van der Waals surface area contributed by atoms with Crippen molar-refractivity contribution < 1.29 is 13.9 Å². The summed E-state index contributed by atoms with van der Waals surface area (Å²) < 4.78 is 19.3. The second-order valence-electron chi connectivity index (χ2n) is 4.76. The molecule has 20 heavy (non-hydrogen) atoms. The normalized spacial score (nSPS) is 12.8. The Labute approximate surface area is 120 Å². The Balaban J connectivity index is 2.07. The van der Waals surface area contributed by atoms with Gasteiger partial charge in [-0.15, -0.1) is 0 Å². The van der Waals surface area contributed by atoms with Crippen LogP contribution in [0.3, 0.4) is 0 Å². The van der Waals surface area contributed by atoms with E-state index >= 15 is 0 Å². The molecule has 0 aliphatic carbocycles. The van der Waals surface area contributed by atoms with Crippen molar-refractivity contribution in [3.63, 3.8) is 0 Å². The van der Waals surface area contributed by atoms with Crippen LogP contribution >= 0.6 is 11.6 Å². The lowest BCUT2D eigenvalue weighted by Gasteiger charge is -2.09. The predicted octanol–water partition coefficient (Wildman–Crippen LogP) is 4.62. The largest absolute Gasteiger partial charge is 0.458 e. The fraction of sp³-hybridized carbons (Fsp3) is 0.125. The van der Waals surface area contributed by atoms with Crippen molar-refractivity contribution in [1.82, 2.24) is 0 Å². The van der Waals surface area contributed by atoms with E-state index in [9.17, 15) is 9.50 Å². The maximum absolute atomic E-state index is 13.8. The molecule has 102 valence electrons. The summed E-state index contributed by atoms with van der Waals surface area (Å²) in [6.07, 6.45) is -1.18. The molecule has 3 aromatic rings. The zero-order chi connectivity index (χ0) is 14.3. The summed E-state index contributed by atoms with van der Waals surface area (Å²) >= 11 is 5.84. The Morgan fingerprint density at radius 2 is 1.95 bits per heavy atom. The molecule has 0 fully saturated rings. The van der Waals surface area contributed by atoms with E-state index in [4.69, 9.17) is 16.0 Å². The van der Waals surface area contributed by atoms with Gasteiger partial charge in [0.25, 0.3) is 0 Å². The standard InChI is InChI=1S/C16H12ClFO2/c1-9-2-5-14-10(6-9)7-15(20-14)16(19)12-8-11(17)3-4-13(12)18/h2-8,16,19H,1H3. The molecule has 0 radical (unpaired) electrons. The van der Waals surface area contributed by atoms with Gasteiger partial charge in [-0.05, 0) is 43.3 Å². The quantitative estimate of drug-likeness (QED) is 0.747. The molecule has 0 aliphatic heterocycles. The SMILES string of the molecule is Cc1ccc2oc(C(O)c3cc(Cl)ccc3F)cc2c1. The van der Waals surface area contributed by atoms with Crippen molar-refractivity contribution in [3.8, 4) is 0 Å². The summed E-state index contributed by atoms with van der Waals surface area (Å²) in [5.74, 6) is -0.217. The lowest BCUT2D eigenvalue weighted by molar-refractivity contribution is 0.187. The molecule has 0 spiro atoms. The summed E-state index contributed by atoms with van der Waals surface area (Å²) in [5, 5.41) is 11.5. The van der Waals surface area contributed by atoms with Gasteiger partial charge in [-0.25, -0.2) is 4.39 Å². The lowest BCUT2D eigenvalue weighted by Crippen LogP contribution is -2.01. The van der Waals surface area contributed by atoms with E-state index in [-0.39, 0.29) is 5.56 Å². The van der Waals surface area contributed by atoms with Crippen LogP contribution in [0.4, 0.5) is 4.39 Å². The summed E-state index contributed by atoms with van der Waals surface area (Å²) in [6.45, 7) is 1.97. The molecule has 2 nitrogen and oxygen atoms in total. The van der Waals surface area contributed by atoms with E-state index in [1.165, 1.54) is 18.2 Å². The summed E-state index contributed by atoms with van der Waals surface area (Å²) in [5.41, 5.74) is 1.86. The number of aliphatic hydroxyl groups is 1. The highest BCUT2D eigenvalue weighted by molar-refractivity contribution is 6.30. The molecule has 0 saturated carbocycles. The van der Waals surface area contributed by atoms with Crippen LogP contribution in [0, 0.1) is 12.7 Å². The van der Waals surface area contributed by atoms with E-state index in [0.29, 0.717) is 16.4 Å². The highest BCUT2D eigenvalue weighted by Crippen LogP contribution is 2.31. The van der Waals surface area contributed by atoms with Crippen molar-refractivity contribution in [2.24, 2.45) is 0 Å². The third-order valence-corrected chi connectivity index (χ3v) is 3.45. The molecule has 1 aromatic heterocycles. The van der Waals surface area contributed by atoms with Gasteiger partial charge in [0.2, 0.25) is 0 Å². The fourth-order valence-corrected chi connectivity index (χ4v) is 2.38. The molecule has 4 heteroatoms. The van der Waals surface area contributed by atoms with Crippen LogP contribution in [-0.4, -0.2) is 5.11 Å². The molecule has 1 atom stereocenters. The molecule has 3 rings (SSSR count). The Kier molecular flexibility index (Phi) is 3.24. The first-order chi connectivity index (χ1) is 9.54. The van der Waals surface area contributed by atoms with Crippen molar-refractivity contribution in [2.75, 3.05) is 0 Å². The molecule has 0 amide bonds. The third kappa shape index (κ3) is 2.30. The van der Waals surface area contributed by atoms with E-state index in [0.717, 1.165) is 10.9 Å². The van der Waals surface area contributed by atoms with Gasteiger partial charge in [0, 0.05) is 16.0 Å². The minimum absolute atomic E-state index is 0.105. The van der Waals surface area contributed by atoms with Crippen LogP contribution in [0.25, 0.3) is 11.0 Å². The Hall–Kier alpha value is -1.84. The van der Waals surface area contributed by atoms with Crippen LogP contribution in [-0.2, 0) is 0 Å². The molecule has 2 aromatic carbocycles. The number of halogens is 2. The Morgan fingerprint density at radius 1 is 1.15 bits per heavy atom. The van der Waals surface area contributed by atoms with Crippen molar-refractivity contribution in [1.29, 1.82) is 0 Å². The molecule has 1 heterocycles. The van der Waals surface area contributed by atoms with Gasteiger partial charge in [0.1, 0.15) is 23.3 Å². The first-order valence-corrected chi connectivity index (χ1v) is 6.55. The Morgan fingerprint density at radius 3 is 2.75 bits per heavy atom. The number of rotatable bonds is 2. The topological polar surface area (TPSA) is 33.4 Å². The van der Waals surface area contributed by atoms with Crippen molar-refractivity contribution in [3.05, 3.63) is 70.2 Å². The monoisotopic (exact) mass is 290 g/mol. The number of furan rings is 1. The van der Waals surface area contributed by atoms with Crippen molar-refractivity contribution >= 4 is 22.6 Å². The lowest BCUT2D eigenvalue weighted by atomic mass is 10.1. The molecule has 1 unspecified atom stereocenters. The summed E-state index contributed by atoms with van der Waals surface area (Å²) in [4.78, 5) is 0. The minimum atomic E-state index is -1.18. The van der Waals surface area contributed by atoms with Gasteiger partial charge in [-0.1, -0.05) is 23.2 Å². The average molecular weight is 291 g/mol. The first kappa shape index (κ1) is 13.2. The number of aliphatic hydroxyl groups excluding tert-OH is 1. The molecular weight excluding hydrogens is 279 g/mol. The van der Waals surface area contributed by atoms with Crippen molar-refractivity contribution in [2.45, 2.75) is 13.0 Å². The van der Waals surface area contributed by atoms with Gasteiger partial charge < -0.3 is 9.52 Å². The summed E-state index contributed by atoms with van der Waals surface area (Å²) in [6, 6.07) is 11.5. The Bertz CT molecular complexity index is 779. The minimum Gasteiger partial charge on any atom is -0.458 e. The van der Waals surface area contributed by atoms with Crippen LogP contribution in [0.5, 0.6) is 0 Å². The fourth-order valence-electron chi connectivity index (χ4n) is 2.20. The zero-order valence-electron chi connectivity index (χ0n) is 10.7. The number of aryl methyl sites for hydroxylation is 1. The van der Waals surface area contributed by atoms with Gasteiger partial charge in [0.05, 0.1) is 0 Å². The first-order valence-electron chi connectivity index (χ1n) is 6.18.